The summed E-state index contributed by atoms with van der Waals surface area (Å²) in [6, 6.07) is 10.2. The molecule has 2 aromatic rings. The lowest BCUT2D eigenvalue weighted by Gasteiger charge is -2.59. The summed E-state index contributed by atoms with van der Waals surface area (Å²) >= 11 is 0. The van der Waals surface area contributed by atoms with E-state index in [0.717, 1.165) is 38.7 Å². The van der Waals surface area contributed by atoms with E-state index in [1.54, 1.807) is 4.90 Å². The Morgan fingerprint density at radius 3 is 2.36 bits per heavy atom. The average Bonchev–Trinajstić information content (AvgIpc) is 2.75. The number of nitrogens with zero attached hydrogens (tertiary/aromatic N) is 5. The molecular weight excluding hydrogens is 471 g/mol. The second kappa shape index (κ2) is 9.10. The highest BCUT2D eigenvalue weighted by Crippen LogP contribution is 2.48. The van der Waals surface area contributed by atoms with E-state index in [1.165, 1.54) is 5.56 Å². The molecule has 2 amide bonds. The number of nitrogens with one attached hydrogen (secondary N) is 1. The van der Waals surface area contributed by atoms with Crippen LogP contribution in [0.2, 0.25) is 0 Å². The van der Waals surface area contributed by atoms with Crippen LogP contribution in [-0.4, -0.2) is 70.1 Å². The lowest BCUT2D eigenvalue weighted by atomic mass is 9.60. The SMILES string of the molecule is C[C@@H]1CN(c2ncc(C(F)(F)F)c(N)n2)C[C@H](C)N1C(=O)NC1CC2(C1)CN(Cc1ccccc1)C2. The predicted octanol–water partition coefficient (Wildman–Crippen LogP) is 3.35. The highest BCUT2D eigenvalue weighted by molar-refractivity contribution is 5.76. The molecule has 1 spiro atoms. The number of carbonyl (C=O) groups is 1. The maximum atomic E-state index is 13.1. The van der Waals surface area contributed by atoms with Crippen LogP contribution in [0.3, 0.4) is 0 Å². The van der Waals surface area contributed by atoms with Crippen LogP contribution in [0.15, 0.2) is 36.5 Å². The van der Waals surface area contributed by atoms with E-state index in [2.05, 4.69) is 44.5 Å². The molecule has 194 valence electrons. The number of anilines is 2. The fourth-order valence-corrected chi connectivity index (χ4v) is 6.09. The third kappa shape index (κ3) is 4.80. The van der Waals surface area contributed by atoms with Gasteiger partial charge in [0.15, 0.2) is 0 Å². The second-order valence-corrected chi connectivity index (χ2v) is 10.7. The van der Waals surface area contributed by atoms with Crippen molar-refractivity contribution in [3.63, 3.8) is 0 Å². The minimum absolute atomic E-state index is 0.0946. The fraction of sp³-hybridized carbons (Fsp3) is 0.560. The van der Waals surface area contributed by atoms with Gasteiger partial charge in [-0.1, -0.05) is 30.3 Å². The van der Waals surface area contributed by atoms with Crippen molar-refractivity contribution in [1.82, 2.24) is 25.1 Å². The first kappa shape index (κ1) is 24.6. The van der Waals surface area contributed by atoms with E-state index in [9.17, 15) is 18.0 Å². The van der Waals surface area contributed by atoms with E-state index in [-0.39, 0.29) is 30.1 Å². The van der Waals surface area contributed by atoms with E-state index < -0.39 is 17.6 Å². The van der Waals surface area contributed by atoms with Gasteiger partial charge in [0.2, 0.25) is 5.95 Å². The summed E-state index contributed by atoms with van der Waals surface area (Å²) in [6.07, 6.45) is -1.89. The van der Waals surface area contributed by atoms with Gasteiger partial charge in [-0.05, 0) is 37.7 Å². The Morgan fingerprint density at radius 1 is 1.14 bits per heavy atom. The van der Waals surface area contributed by atoms with Gasteiger partial charge in [-0.2, -0.15) is 18.2 Å². The van der Waals surface area contributed by atoms with Crippen LogP contribution in [-0.2, 0) is 12.7 Å². The lowest BCUT2D eigenvalue weighted by molar-refractivity contribution is -0.137. The lowest BCUT2D eigenvalue weighted by Crippen LogP contribution is -2.68. The molecule has 0 radical (unpaired) electrons. The van der Waals surface area contributed by atoms with Crippen molar-refractivity contribution in [1.29, 1.82) is 0 Å². The van der Waals surface area contributed by atoms with Crippen LogP contribution in [0.1, 0.15) is 37.8 Å². The number of aromatic nitrogens is 2. The van der Waals surface area contributed by atoms with E-state index in [1.807, 2.05) is 24.8 Å². The number of hydrogen-bond acceptors (Lipinski definition) is 6. The molecule has 0 unspecified atom stereocenters. The van der Waals surface area contributed by atoms with Crippen molar-refractivity contribution in [2.45, 2.75) is 57.5 Å². The first-order valence-corrected chi connectivity index (χ1v) is 12.3. The number of likely N-dealkylation sites (tertiary alicyclic amines) is 1. The van der Waals surface area contributed by atoms with Gasteiger partial charge in [-0.25, -0.2) is 9.78 Å². The molecule has 8 nitrogen and oxygen atoms in total. The van der Waals surface area contributed by atoms with Gasteiger partial charge in [-0.15, -0.1) is 0 Å². The first-order chi connectivity index (χ1) is 17.0. The predicted molar refractivity (Wildman–Crippen MR) is 130 cm³/mol. The monoisotopic (exact) mass is 503 g/mol. The Bertz CT molecular complexity index is 1090. The molecule has 1 aromatic carbocycles. The number of halogens is 3. The molecule has 1 aromatic heterocycles. The second-order valence-electron chi connectivity index (χ2n) is 10.7. The van der Waals surface area contributed by atoms with Gasteiger partial charge in [-0.3, -0.25) is 4.90 Å². The van der Waals surface area contributed by atoms with Crippen LogP contribution in [0.25, 0.3) is 0 Å². The van der Waals surface area contributed by atoms with Crippen molar-refractivity contribution >= 4 is 17.8 Å². The molecule has 0 bridgehead atoms. The smallest absolute Gasteiger partial charge is 0.383 e. The number of urea groups is 1. The standard InChI is InChI=1S/C25H32F3N7O/c1-16-11-34(22-30-10-20(21(29)32-22)25(26,27)28)12-17(2)35(16)23(36)31-19-8-24(9-19)14-33(15-24)13-18-6-4-3-5-7-18/h3-7,10,16-17,19H,8-9,11-15H2,1-2H3,(H,31,36)(H2,29,30,32)/t16-,17+. The van der Waals surface area contributed by atoms with Gasteiger partial charge >= 0.3 is 12.2 Å². The van der Waals surface area contributed by atoms with Crippen LogP contribution >= 0.6 is 0 Å². The summed E-state index contributed by atoms with van der Waals surface area (Å²) in [7, 11) is 0. The highest BCUT2D eigenvalue weighted by atomic mass is 19.4. The minimum atomic E-state index is -4.60. The van der Waals surface area contributed by atoms with E-state index in [0.29, 0.717) is 18.5 Å². The Hall–Kier alpha value is -3.08. The van der Waals surface area contributed by atoms with Gasteiger partial charge in [0.05, 0.1) is 0 Å². The molecule has 5 rings (SSSR count). The third-order valence-corrected chi connectivity index (χ3v) is 7.60. The number of piperazine rings is 1. The molecule has 3 N–H and O–H groups in total. The fourth-order valence-electron chi connectivity index (χ4n) is 6.09. The summed E-state index contributed by atoms with van der Waals surface area (Å²) in [6.45, 7) is 7.76. The molecule has 2 atom stereocenters. The van der Waals surface area contributed by atoms with Gasteiger partial charge < -0.3 is 20.9 Å². The number of nitrogens with two attached hydrogens (primary N) is 1. The van der Waals surface area contributed by atoms with E-state index >= 15 is 0 Å². The van der Waals surface area contributed by atoms with Crippen LogP contribution in [0.5, 0.6) is 0 Å². The number of alkyl halides is 3. The van der Waals surface area contributed by atoms with Gasteiger partial charge in [0.25, 0.3) is 0 Å². The third-order valence-electron chi connectivity index (χ3n) is 7.60. The Balaban J connectivity index is 1.11. The van der Waals surface area contributed by atoms with Gasteiger partial charge in [0.1, 0.15) is 11.4 Å². The largest absolute Gasteiger partial charge is 0.421 e. The highest BCUT2D eigenvalue weighted by Gasteiger charge is 2.52. The molecule has 1 aliphatic carbocycles. The van der Waals surface area contributed by atoms with Gasteiger partial charge in [0, 0.05) is 57.0 Å². The maximum absolute atomic E-state index is 13.1. The number of nitrogen functional groups attached to an aromatic ring is 1. The molecule has 2 aliphatic heterocycles. The minimum Gasteiger partial charge on any atom is -0.383 e. The Morgan fingerprint density at radius 2 is 1.78 bits per heavy atom. The number of benzene rings is 1. The molecular formula is C25H32F3N7O. The normalized spacial score (nSPS) is 24.4. The Kier molecular flexibility index (Phi) is 6.22. The zero-order valence-corrected chi connectivity index (χ0v) is 20.5. The van der Waals surface area contributed by atoms with Crippen molar-refractivity contribution in [2.24, 2.45) is 5.41 Å². The van der Waals surface area contributed by atoms with E-state index in [4.69, 9.17) is 5.73 Å². The molecule has 11 heteroatoms. The summed E-state index contributed by atoms with van der Waals surface area (Å²) in [5.74, 6) is -0.449. The van der Waals surface area contributed by atoms with Crippen molar-refractivity contribution < 1.29 is 18.0 Å². The number of rotatable bonds is 4. The molecule has 3 fully saturated rings. The van der Waals surface area contributed by atoms with Crippen molar-refractivity contribution in [3.05, 3.63) is 47.7 Å². The molecule has 1 saturated carbocycles. The number of amides is 2. The summed E-state index contributed by atoms with van der Waals surface area (Å²) in [5.41, 5.74) is 6.15. The van der Waals surface area contributed by atoms with Crippen molar-refractivity contribution in [3.8, 4) is 0 Å². The Labute approximate surface area is 208 Å². The number of hydrogen-bond donors (Lipinski definition) is 2. The molecule has 36 heavy (non-hydrogen) atoms. The molecule has 3 aliphatic rings. The zero-order chi connectivity index (χ0) is 25.7. The maximum Gasteiger partial charge on any atom is 0.421 e. The van der Waals surface area contributed by atoms with Crippen LogP contribution in [0.4, 0.5) is 29.7 Å². The summed E-state index contributed by atoms with van der Waals surface area (Å²) in [4.78, 5) is 26.9. The quantitative estimate of drug-likeness (QED) is 0.665. The average molecular weight is 504 g/mol. The van der Waals surface area contributed by atoms with Crippen LogP contribution in [0, 0.1) is 5.41 Å². The first-order valence-electron chi connectivity index (χ1n) is 12.3. The zero-order valence-electron chi connectivity index (χ0n) is 20.5. The van der Waals surface area contributed by atoms with Crippen molar-refractivity contribution in [2.75, 3.05) is 36.8 Å². The number of carbonyl (C=O) groups excluding carboxylic acids is 1. The topological polar surface area (TPSA) is 90.6 Å². The van der Waals surface area contributed by atoms with Crippen LogP contribution < -0.4 is 16.0 Å². The molecule has 2 saturated heterocycles. The summed E-state index contributed by atoms with van der Waals surface area (Å²) in [5, 5.41) is 3.20. The molecule has 3 heterocycles. The summed E-state index contributed by atoms with van der Waals surface area (Å²) < 4.78 is 38.9.